The van der Waals surface area contributed by atoms with E-state index in [-0.39, 0.29) is 13.1 Å². The average Bonchev–Trinajstić information content (AvgIpc) is 3.03. The van der Waals surface area contributed by atoms with Crippen LogP contribution in [0, 0.1) is 0 Å². The quantitative estimate of drug-likeness (QED) is 0.647. The van der Waals surface area contributed by atoms with Gasteiger partial charge >= 0.3 is 12.2 Å². The van der Waals surface area contributed by atoms with Gasteiger partial charge in [0.2, 0.25) is 0 Å². The van der Waals surface area contributed by atoms with Gasteiger partial charge in [-0.1, -0.05) is 60.7 Å². The Morgan fingerprint density at radius 1 is 0.647 bits per heavy atom. The molecule has 2 heterocycles. The first-order valence-corrected chi connectivity index (χ1v) is 11.4. The normalized spacial score (nSPS) is 33.2. The van der Waals surface area contributed by atoms with Gasteiger partial charge in [0.1, 0.15) is 0 Å². The highest BCUT2D eigenvalue weighted by molar-refractivity contribution is 5.74. The molecule has 0 saturated carbocycles. The zero-order valence-electron chi connectivity index (χ0n) is 20.0. The summed E-state index contributed by atoms with van der Waals surface area (Å²) < 4.78 is 11.3. The molecule has 2 N–H and O–H groups in total. The molecule has 0 spiro atoms. The first-order chi connectivity index (χ1) is 15.9. The molecule has 2 aromatic carbocycles. The second-order valence-corrected chi connectivity index (χ2v) is 9.87. The molecule has 2 fully saturated rings. The number of hydrogen-bond acceptors (Lipinski definition) is 6. The van der Waals surface area contributed by atoms with Crippen molar-refractivity contribution in [3.8, 4) is 0 Å². The third kappa shape index (κ3) is 3.91. The maximum absolute atomic E-state index is 12.8. The Morgan fingerprint density at radius 2 is 0.971 bits per heavy atom. The van der Waals surface area contributed by atoms with Crippen LogP contribution >= 0.6 is 0 Å². The minimum Gasteiger partial charge on any atom is -0.438 e. The number of rotatable bonds is 7. The number of carbonyl (C=O) groups excluding carboxylic acids is 2. The predicted octanol–water partition coefficient (Wildman–Crippen LogP) is 3.31. The van der Waals surface area contributed by atoms with Gasteiger partial charge in [-0.25, -0.2) is 9.59 Å². The van der Waals surface area contributed by atoms with Gasteiger partial charge in [0.05, 0.1) is 0 Å². The summed E-state index contributed by atoms with van der Waals surface area (Å²) in [5.41, 5.74) is -3.82. The third-order valence-corrected chi connectivity index (χ3v) is 7.44. The summed E-state index contributed by atoms with van der Waals surface area (Å²) in [4.78, 5) is 27.9. The fourth-order valence-electron chi connectivity index (χ4n) is 4.81. The molecule has 182 valence electrons. The van der Waals surface area contributed by atoms with Gasteiger partial charge in [0.25, 0.3) is 0 Å². The topological polar surface area (TPSA) is 99.5 Å². The zero-order valence-corrected chi connectivity index (χ0v) is 20.0. The number of cyclic esters (lactones) is 2. The maximum Gasteiger partial charge on any atom is 0.412 e. The van der Waals surface area contributed by atoms with Gasteiger partial charge in [0.15, 0.2) is 22.7 Å². The molecule has 8 heteroatoms. The molecule has 0 bridgehead atoms. The Balaban J connectivity index is 1.49. The van der Waals surface area contributed by atoms with Crippen LogP contribution in [0.4, 0.5) is 9.59 Å². The van der Waals surface area contributed by atoms with Crippen LogP contribution in [-0.2, 0) is 22.3 Å². The van der Waals surface area contributed by atoms with Crippen molar-refractivity contribution < 1.29 is 29.3 Å². The van der Waals surface area contributed by atoms with E-state index in [1.165, 1.54) is 23.6 Å². The van der Waals surface area contributed by atoms with Crippen LogP contribution in [-0.4, -0.2) is 67.9 Å². The van der Waals surface area contributed by atoms with Crippen molar-refractivity contribution >= 4 is 12.2 Å². The maximum atomic E-state index is 12.8. The molecule has 8 nitrogen and oxygen atoms in total. The molecule has 2 saturated heterocycles. The van der Waals surface area contributed by atoms with E-state index in [0.717, 1.165) is 11.1 Å². The SMILES string of the molecule is CC1(Cc2ccccc2)OC(=O)N(CCN2C(=O)OC(C)(Cc3ccccc3)C2(C)O)C1(C)O. The summed E-state index contributed by atoms with van der Waals surface area (Å²) in [6.07, 6.45) is -0.714. The van der Waals surface area contributed by atoms with Crippen molar-refractivity contribution in [1.82, 2.24) is 9.80 Å². The lowest BCUT2D eigenvalue weighted by Gasteiger charge is -2.40. The summed E-state index contributed by atoms with van der Waals surface area (Å²) in [5, 5.41) is 22.7. The molecule has 0 radical (unpaired) electrons. The van der Waals surface area contributed by atoms with E-state index in [1.807, 2.05) is 60.7 Å². The van der Waals surface area contributed by atoms with Crippen LogP contribution in [0.5, 0.6) is 0 Å². The number of amides is 2. The molecule has 2 aliphatic rings. The smallest absolute Gasteiger partial charge is 0.412 e. The molecule has 34 heavy (non-hydrogen) atoms. The van der Waals surface area contributed by atoms with Crippen molar-refractivity contribution in [2.45, 2.75) is 63.2 Å². The van der Waals surface area contributed by atoms with E-state index in [4.69, 9.17) is 9.47 Å². The standard InChI is InChI=1S/C26H32N2O6/c1-23(17-19-11-7-5-8-12-19)25(3,31)27(21(29)33-23)15-16-28-22(30)34-24(2,26(28,4)32)18-20-13-9-6-10-14-20/h5-14,31-32H,15-18H2,1-4H3. The average molecular weight is 469 g/mol. The Bertz CT molecular complexity index is 972. The Labute approximate surface area is 199 Å². The van der Waals surface area contributed by atoms with Gasteiger partial charge in [-0.3, -0.25) is 9.80 Å². The lowest BCUT2D eigenvalue weighted by atomic mass is 9.86. The van der Waals surface area contributed by atoms with Crippen LogP contribution in [0.1, 0.15) is 38.8 Å². The van der Waals surface area contributed by atoms with Gasteiger partial charge in [-0.2, -0.15) is 0 Å². The minimum absolute atomic E-state index is 0.0388. The second kappa shape index (κ2) is 8.29. The number of benzene rings is 2. The molecule has 4 unspecified atom stereocenters. The van der Waals surface area contributed by atoms with Crippen LogP contribution in [0.15, 0.2) is 60.7 Å². The predicted molar refractivity (Wildman–Crippen MR) is 125 cm³/mol. The van der Waals surface area contributed by atoms with Gasteiger partial charge in [-0.15, -0.1) is 0 Å². The minimum atomic E-state index is -1.64. The summed E-state index contributed by atoms with van der Waals surface area (Å²) in [6.45, 7) is 6.36. The van der Waals surface area contributed by atoms with Gasteiger partial charge < -0.3 is 19.7 Å². The van der Waals surface area contributed by atoms with E-state index in [2.05, 4.69) is 0 Å². The number of carbonyl (C=O) groups is 2. The summed E-state index contributed by atoms with van der Waals surface area (Å²) in [5.74, 6) is 0. The van der Waals surface area contributed by atoms with Crippen LogP contribution in [0.25, 0.3) is 0 Å². The molecule has 0 aliphatic carbocycles. The monoisotopic (exact) mass is 468 g/mol. The lowest BCUT2D eigenvalue weighted by molar-refractivity contribution is -0.148. The lowest BCUT2D eigenvalue weighted by Crippen LogP contribution is -2.60. The molecular formula is C26H32N2O6. The highest BCUT2D eigenvalue weighted by Crippen LogP contribution is 2.42. The molecule has 0 aromatic heterocycles. The Hall–Kier alpha value is -3.10. The highest BCUT2D eigenvalue weighted by atomic mass is 16.6. The van der Waals surface area contributed by atoms with Crippen LogP contribution in [0.2, 0.25) is 0 Å². The van der Waals surface area contributed by atoms with Crippen molar-refractivity contribution in [2.24, 2.45) is 0 Å². The number of nitrogens with zero attached hydrogens (tertiary/aromatic N) is 2. The van der Waals surface area contributed by atoms with Gasteiger partial charge in [-0.05, 0) is 38.8 Å². The largest absolute Gasteiger partial charge is 0.438 e. The first-order valence-electron chi connectivity index (χ1n) is 11.4. The first kappa shape index (κ1) is 24.0. The van der Waals surface area contributed by atoms with Crippen molar-refractivity contribution in [2.75, 3.05) is 13.1 Å². The molecular weight excluding hydrogens is 436 g/mol. The fraction of sp³-hybridized carbons (Fsp3) is 0.462. The summed E-state index contributed by atoms with van der Waals surface area (Å²) in [6, 6.07) is 18.9. The van der Waals surface area contributed by atoms with E-state index in [1.54, 1.807) is 13.8 Å². The van der Waals surface area contributed by atoms with E-state index < -0.39 is 34.8 Å². The number of hydrogen-bond donors (Lipinski definition) is 2. The summed E-state index contributed by atoms with van der Waals surface area (Å²) >= 11 is 0. The van der Waals surface area contributed by atoms with Crippen LogP contribution < -0.4 is 0 Å². The van der Waals surface area contributed by atoms with E-state index in [9.17, 15) is 19.8 Å². The molecule has 2 aliphatic heterocycles. The zero-order chi connectivity index (χ0) is 24.8. The van der Waals surface area contributed by atoms with Crippen molar-refractivity contribution in [3.05, 3.63) is 71.8 Å². The number of ether oxygens (including phenoxy) is 2. The van der Waals surface area contributed by atoms with E-state index in [0.29, 0.717) is 12.8 Å². The van der Waals surface area contributed by atoms with Crippen molar-refractivity contribution in [3.63, 3.8) is 0 Å². The van der Waals surface area contributed by atoms with E-state index >= 15 is 0 Å². The fourth-order valence-corrected chi connectivity index (χ4v) is 4.81. The molecule has 2 aromatic rings. The Morgan fingerprint density at radius 3 is 1.29 bits per heavy atom. The van der Waals surface area contributed by atoms with Gasteiger partial charge in [0, 0.05) is 25.9 Å². The molecule has 4 atom stereocenters. The number of aliphatic hydroxyl groups is 2. The van der Waals surface area contributed by atoms with Crippen molar-refractivity contribution in [1.29, 1.82) is 0 Å². The molecule has 2 amide bonds. The Kier molecular flexibility index (Phi) is 5.86. The highest BCUT2D eigenvalue weighted by Gasteiger charge is 2.61. The molecule has 4 rings (SSSR count). The third-order valence-electron chi connectivity index (χ3n) is 7.44. The van der Waals surface area contributed by atoms with Crippen LogP contribution in [0.3, 0.4) is 0 Å². The summed E-state index contributed by atoms with van der Waals surface area (Å²) in [7, 11) is 0. The second-order valence-electron chi connectivity index (χ2n) is 9.87.